The second kappa shape index (κ2) is 20.4. The second-order valence-electron chi connectivity index (χ2n) is 10.8. The fourth-order valence-electron chi connectivity index (χ4n) is 4.80. The van der Waals surface area contributed by atoms with Crippen molar-refractivity contribution in [3.63, 3.8) is 0 Å². The first-order chi connectivity index (χ1) is 19.8. The fourth-order valence-corrected chi connectivity index (χ4v) is 5.80. The van der Waals surface area contributed by atoms with Gasteiger partial charge < -0.3 is 13.6 Å². The van der Waals surface area contributed by atoms with Crippen LogP contribution in [0, 0.1) is 0 Å². The molecule has 0 heterocycles. The Morgan fingerprint density at radius 3 is 1.15 bits per heavy atom. The molecule has 0 atom stereocenters. The molecule has 0 aliphatic heterocycles. The summed E-state index contributed by atoms with van der Waals surface area (Å²) in [6.07, 6.45) is 20.9. The minimum absolute atomic E-state index is 0.736. The van der Waals surface area contributed by atoms with E-state index in [9.17, 15) is 0 Å². The maximum absolute atomic E-state index is 6.23. The van der Waals surface area contributed by atoms with Crippen molar-refractivity contribution in [2.75, 3.05) is 0 Å². The van der Waals surface area contributed by atoms with E-state index in [1.165, 1.54) is 101 Å². The van der Waals surface area contributed by atoms with Gasteiger partial charge in [-0.3, -0.25) is 0 Å². The van der Waals surface area contributed by atoms with Crippen LogP contribution in [0.5, 0.6) is 17.2 Å². The van der Waals surface area contributed by atoms with Crippen molar-refractivity contribution in [1.82, 2.24) is 0 Å². The van der Waals surface area contributed by atoms with Gasteiger partial charge in [-0.2, -0.15) is 0 Å². The van der Waals surface area contributed by atoms with Crippen LogP contribution in [0.1, 0.15) is 115 Å². The highest BCUT2D eigenvalue weighted by atomic mass is 31.2. The Bertz CT molecular complexity index is 941. The van der Waals surface area contributed by atoms with Crippen LogP contribution in [0.25, 0.3) is 0 Å². The minimum atomic E-state index is -1.65. The number of rotatable bonds is 22. The van der Waals surface area contributed by atoms with E-state index in [4.69, 9.17) is 13.6 Å². The summed E-state index contributed by atoms with van der Waals surface area (Å²) in [7, 11) is -1.65. The van der Waals surface area contributed by atoms with Crippen molar-refractivity contribution in [3.05, 3.63) is 90.0 Å². The van der Waals surface area contributed by atoms with Crippen LogP contribution < -0.4 is 13.6 Å². The number of hydrogen-bond acceptors (Lipinski definition) is 3. The predicted molar refractivity (Wildman–Crippen MR) is 172 cm³/mol. The normalized spacial score (nSPS) is 11.1. The molecule has 3 nitrogen and oxygen atoms in total. The van der Waals surface area contributed by atoms with Crippen molar-refractivity contribution in [1.29, 1.82) is 0 Å². The maximum Gasteiger partial charge on any atom is 0.530 e. The highest BCUT2D eigenvalue weighted by molar-refractivity contribution is 7.43. The molecule has 0 bridgehead atoms. The van der Waals surface area contributed by atoms with Crippen molar-refractivity contribution in [2.24, 2.45) is 0 Å². The van der Waals surface area contributed by atoms with Gasteiger partial charge in [-0.25, -0.2) is 0 Å². The first-order valence-electron chi connectivity index (χ1n) is 15.8. The zero-order valence-corrected chi connectivity index (χ0v) is 25.9. The first kappa shape index (κ1) is 32.0. The zero-order valence-electron chi connectivity index (χ0n) is 25.0. The van der Waals surface area contributed by atoms with Crippen molar-refractivity contribution in [2.45, 2.75) is 117 Å². The summed E-state index contributed by atoms with van der Waals surface area (Å²) in [5, 5.41) is 0. The summed E-state index contributed by atoms with van der Waals surface area (Å²) in [5.74, 6) is 2.27. The zero-order chi connectivity index (χ0) is 28.1. The van der Waals surface area contributed by atoms with Crippen LogP contribution in [-0.4, -0.2) is 0 Å². The van der Waals surface area contributed by atoms with E-state index in [1.807, 2.05) is 54.6 Å². The molecule has 0 unspecified atom stereocenters. The van der Waals surface area contributed by atoms with Crippen LogP contribution in [0.2, 0.25) is 0 Å². The Morgan fingerprint density at radius 1 is 0.400 bits per heavy atom. The summed E-state index contributed by atoms with van der Waals surface area (Å²) in [4.78, 5) is 0. The van der Waals surface area contributed by atoms with E-state index < -0.39 is 8.60 Å². The molecule has 0 fully saturated rings. The number of benzene rings is 3. The number of hydrogen-bond donors (Lipinski definition) is 0. The minimum Gasteiger partial charge on any atom is -0.409 e. The standard InChI is InChI=1S/C36H51O3P/c1-3-5-7-9-11-13-16-20-32-24-28-35(29-25-32)38-40(37-34-22-18-15-19-23-34)39-36-30-26-33(27-31-36)21-17-14-12-10-8-6-4-2/h15,18-19,22-31H,3-14,16-17,20-21H2,1-2H3. The Morgan fingerprint density at radius 2 is 0.750 bits per heavy atom. The smallest absolute Gasteiger partial charge is 0.409 e. The maximum atomic E-state index is 6.23. The summed E-state index contributed by atoms with van der Waals surface area (Å²) in [6, 6.07) is 26.6. The van der Waals surface area contributed by atoms with Crippen molar-refractivity contribution in [3.8, 4) is 17.2 Å². The lowest BCUT2D eigenvalue weighted by molar-refractivity contribution is 0.388. The first-order valence-corrected chi connectivity index (χ1v) is 16.9. The van der Waals surface area contributed by atoms with Crippen LogP contribution in [0.3, 0.4) is 0 Å². The molecule has 0 saturated carbocycles. The van der Waals surface area contributed by atoms with Gasteiger partial charge in [-0.1, -0.05) is 133 Å². The summed E-state index contributed by atoms with van der Waals surface area (Å²) in [6.45, 7) is 4.54. The summed E-state index contributed by atoms with van der Waals surface area (Å²) >= 11 is 0. The van der Waals surface area contributed by atoms with Gasteiger partial charge in [0.2, 0.25) is 0 Å². The lowest BCUT2D eigenvalue weighted by atomic mass is 10.0. The molecule has 0 aliphatic rings. The van der Waals surface area contributed by atoms with Gasteiger partial charge in [0.05, 0.1) is 0 Å². The molecular weight excluding hydrogens is 511 g/mol. The Balaban J connectivity index is 1.48. The largest absolute Gasteiger partial charge is 0.530 e. The van der Waals surface area contributed by atoms with Gasteiger partial charge >= 0.3 is 8.60 Å². The Labute approximate surface area is 245 Å². The Hall–Kier alpha value is -2.51. The van der Waals surface area contributed by atoms with E-state index in [0.717, 1.165) is 30.1 Å². The monoisotopic (exact) mass is 562 g/mol. The third kappa shape index (κ3) is 13.7. The Kier molecular flexibility index (Phi) is 16.3. The highest BCUT2D eigenvalue weighted by Crippen LogP contribution is 2.42. The molecule has 40 heavy (non-hydrogen) atoms. The summed E-state index contributed by atoms with van der Waals surface area (Å²) < 4.78 is 18.6. The molecule has 0 aliphatic carbocycles. The average molecular weight is 563 g/mol. The molecule has 0 aromatic heterocycles. The van der Waals surface area contributed by atoms with Crippen LogP contribution in [0.4, 0.5) is 0 Å². The third-order valence-corrected chi connectivity index (χ3v) is 8.35. The lowest BCUT2D eigenvalue weighted by Crippen LogP contribution is -2.02. The van der Waals surface area contributed by atoms with Gasteiger partial charge in [-0.15, -0.1) is 0 Å². The third-order valence-electron chi connectivity index (χ3n) is 7.27. The number of aryl methyl sites for hydroxylation is 2. The van der Waals surface area contributed by atoms with E-state index in [1.54, 1.807) is 0 Å². The molecule has 0 amide bonds. The van der Waals surface area contributed by atoms with Crippen molar-refractivity contribution >= 4 is 8.60 Å². The molecule has 3 rings (SSSR count). The molecule has 0 saturated heterocycles. The predicted octanol–water partition coefficient (Wildman–Crippen LogP) is 12.0. The van der Waals surface area contributed by atoms with Crippen molar-refractivity contribution < 1.29 is 13.6 Å². The van der Waals surface area contributed by atoms with E-state index >= 15 is 0 Å². The van der Waals surface area contributed by atoms with Crippen LogP contribution >= 0.6 is 8.60 Å². The molecule has 218 valence electrons. The topological polar surface area (TPSA) is 27.7 Å². The molecule has 3 aromatic carbocycles. The SMILES string of the molecule is CCCCCCCCCc1ccc(OP(Oc2ccccc2)Oc2ccc(CCCCCCCCC)cc2)cc1. The molecule has 4 heteroatoms. The average Bonchev–Trinajstić information content (AvgIpc) is 2.98. The van der Waals surface area contributed by atoms with Gasteiger partial charge in [-0.05, 0) is 73.2 Å². The lowest BCUT2D eigenvalue weighted by Gasteiger charge is -2.18. The molecule has 0 N–H and O–H groups in total. The quantitative estimate of drug-likeness (QED) is 0.0900. The van der Waals surface area contributed by atoms with Gasteiger partial charge in [0.25, 0.3) is 0 Å². The second-order valence-corrected chi connectivity index (χ2v) is 11.8. The molecular formula is C36H51O3P. The van der Waals surface area contributed by atoms with Gasteiger partial charge in [0, 0.05) is 0 Å². The van der Waals surface area contributed by atoms with Gasteiger partial charge in [0.1, 0.15) is 17.2 Å². The molecule has 3 aromatic rings. The van der Waals surface area contributed by atoms with Gasteiger partial charge in [0.15, 0.2) is 0 Å². The fraction of sp³-hybridized carbons (Fsp3) is 0.500. The van der Waals surface area contributed by atoms with E-state index in [2.05, 4.69) is 38.1 Å². The highest BCUT2D eigenvalue weighted by Gasteiger charge is 2.20. The molecule has 0 spiro atoms. The molecule has 0 radical (unpaired) electrons. The number of para-hydroxylation sites is 1. The van der Waals surface area contributed by atoms with Crippen LogP contribution in [0.15, 0.2) is 78.9 Å². The van der Waals surface area contributed by atoms with E-state index in [0.29, 0.717) is 0 Å². The number of unbranched alkanes of at least 4 members (excludes halogenated alkanes) is 12. The summed E-state index contributed by atoms with van der Waals surface area (Å²) in [5.41, 5.74) is 2.71. The van der Waals surface area contributed by atoms with E-state index in [-0.39, 0.29) is 0 Å². The van der Waals surface area contributed by atoms with Crippen LogP contribution in [-0.2, 0) is 12.8 Å².